The van der Waals surface area contributed by atoms with Crippen LogP contribution in [-0.2, 0) is 14.8 Å². The Balaban J connectivity index is 1.63. The minimum absolute atomic E-state index is 0.111. The number of hydrogen-bond acceptors (Lipinski definition) is 5. The van der Waals surface area contributed by atoms with E-state index in [4.69, 9.17) is 0 Å². The first-order chi connectivity index (χ1) is 13.8. The van der Waals surface area contributed by atoms with Crippen LogP contribution in [0.4, 0.5) is 14.5 Å². The SMILES string of the molecule is CC(Sc1ccc(S(=O)(=O)N2CCCCC2)cn1)C(=O)Nc1ccc(F)cc1F. The molecule has 1 aromatic heterocycles. The molecule has 10 heteroatoms. The molecule has 1 aliphatic heterocycles. The molecule has 1 fully saturated rings. The maximum absolute atomic E-state index is 13.7. The molecule has 29 heavy (non-hydrogen) atoms. The second-order valence-electron chi connectivity index (χ2n) is 6.67. The lowest BCUT2D eigenvalue weighted by Gasteiger charge is -2.25. The fraction of sp³-hybridized carbons (Fsp3) is 0.368. The van der Waals surface area contributed by atoms with Gasteiger partial charge in [-0.05, 0) is 44.0 Å². The van der Waals surface area contributed by atoms with Crippen molar-refractivity contribution in [1.82, 2.24) is 9.29 Å². The summed E-state index contributed by atoms with van der Waals surface area (Å²) < 4.78 is 53.4. The Morgan fingerprint density at radius 2 is 1.90 bits per heavy atom. The number of thioether (sulfide) groups is 1. The van der Waals surface area contributed by atoms with Gasteiger partial charge in [0, 0.05) is 25.4 Å². The zero-order valence-corrected chi connectivity index (χ0v) is 17.4. The van der Waals surface area contributed by atoms with Crippen molar-refractivity contribution in [1.29, 1.82) is 0 Å². The van der Waals surface area contributed by atoms with E-state index in [0.717, 1.165) is 43.2 Å². The van der Waals surface area contributed by atoms with Crippen molar-refractivity contribution in [3.63, 3.8) is 0 Å². The predicted octanol–water partition coefficient (Wildman–Crippen LogP) is 3.65. The van der Waals surface area contributed by atoms with Gasteiger partial charge in [0.2, 0.25) is 15.9 Å². The van der Waals surface area contributed by atoms with E-state index in [0.29, 0.717) is 24.2 Å². The summed E-state index contributed by atoms with van der Waals surface area (Å²) in [7, 11) is -3.56. The highest BCUT2D eigenvalue weighted by molar-refractivity contribution is 8.00. The lowest BCUT2D eigenvalue weighted by Crippen LogP contribution is -2.35. The second kappa shape index (κ2) is 9.19. The molecule has 2 aromatic rings. The van der Waals surface area contributed by atoms with E-state index in [1.54, 1.807) is 13.0 Å². The highest BCUT2D eigenvalue weighted by atomic mass is 32.2. The Morgan fingerprint density at radius 3 is 2.52 bits per heavy atom. The van der Waals surface area contributed by atoms with Crippen LogP contribution in [0.2, 0.25) is 0 Å². The third-order valence-corrected chi connectivity index (χ3v) is 7.45. The van der Waals surface area contributed by atoms with Gasteiger partial charge in [0.1, 0.15) is 16.5 Å². The molecule has 156 valence electrons. The van der Waals surface area contributed by atoms with E-state index in [2.05, 4.69) is 10.3 Å². The summed E-state index contributed by atoms with van der Waals surface area (Å²) >= 11 is 1.11. The molecule has 1 atom stereocenters. The first-order valence-electron chi connectivity index (χ1n) is 9.16. The van der Waals surface area contributed by atoms with Crippen LogP contribution < -0.4 is 5.32 Å². The molecule has 1 aliphatic rings. The topological polar surface area (TPSA) is 79.4 Å². The Labute approximate surface area is 172 Å². The van der Waals surface area contributed by atoms with E-state index in [9.17, 15) is 22.0 Å². The summed E-state index contributed by atoms with van der Waals surface area (Å²) in [4.78, 5) is 16.5. The number of nitrogens with one attached hydrogen (secondary N) is 1. The van der Waals surface area contributed by atoms with E-state index in [1.165, 1.54) is 16.6 Å². The average molecular weight is 442 g/mol. The molecule has 3 rings (SSSR count). The summed E-state index contributed by atoms with van der Waals surface area (Å²) in [5, 5.41) is 2.24. The third-order valence-electron chi connectivity index (χ3n) is 4.52. The van der Waals surface area contributed by atoms with Crippen LogP contribution in [0, 0.1) is 11.6 Å². The Hall–Kier alpha value is -2.04. The molecule has 1 amide bonds. The lowest BCUT2D eigenvalue weighted by atomic mass is 10.2. The van der Waals surface area contributed by atoms with Crippen molar-refractivity contribution in [3.05, 3.63) is 48.2 Å². The zero-order valence-electron chi connectivity index (χ0n) is 15.8. The van der Waals surface area contributed by atoms with Crippen molar-refractivity contribution in [2.75, 3.05) is 18.4 Å². The number of pyridine rings is 1. The van der Waals surface area contributed by atoms with Gasteiger partial charge in [-0.25, -0.2) is 22.2 Å². The minimum Gasteiger partial charge on any atom is -0.323 e. The van der Waals surface area contributed by atoms with E-state index in [1.807, 2.05) is 0 Å². The second-order valence-corrected chi connectivity index (χ2v) is 9.97. The van der Waals surface area contributed by atoms with Crippen molar-refractivity contribution in [3.8, 4) is 0 Å². The predicted molar refractivity (Wildman–Crippen MR) is 107 cm³/mol. The number of amides is 1. The number of carbonyl (C=O) groups excluding carboxylic acids is 1. The molecule has 0 aliphatic carbocycles. The van der Waals surface area contributed by atoms with E-state index >= 15 is 0 Å². The number of benzene rings is 1. The Morgan fingerprint density at radius 1 is 1.17 bits per heavy atom. The summed E-state index contributed by atoms with van der Waals surface area (Å²) in [6.45, 7) is 2.63. The van der Waals surface area contributed by atoms with Crippen LogP contribution >= 0.6 is 11.8 Å². The first kappa shape index (κ1) is 21.7. The molecule has 6 nitrogen and oxygen atoms in total. The molecule has 1 saturated heterocycles. The number of sulfonamides is 1. The number of rotatable bonds is 6. The zero-order chi connectivity index (χ0) is 21.0. The van der Waals surface area contributed by atoms with Gasteiger partial charge in [-0.1, -0.05) is 18.2 Å². The lowest BCUT2D eigenvalue weighted by molar-refractivity contribution is -0.115. The van der Waals surface area contributed by atoms with Crippen LogP contribution in [0.1, 0.15) is 26.2 Å². The maximum atomic E-state index is 13.7. The molecular formula is C19H21F2N3O3S2. The fourth-order valence-electron chi connectivity index (χ4n) is 2.90. The minimum atomic E-state index is -3.56. The molecule has 2 heterocycles. The van der Waals surface area contributed by atoms with Gasteiger partial charge in [-0.2, -0.15) is 4.31 Å². The van der Waals surface area contributed by atoms with Gasteiger partial charge >= 0.3 is 0 Å². The van der Waals surface area contributed by atoms with Crippen LogP contribution in [0.3, 0.4) is 0 Å². The highest BCUT2D eigenvalue weighted by Gasteiger charge is 2.26. The molecular weight excluding hydrogens is 420 g/mol. The van der Waals surface area contributed by atoms with Gasteiger partial charge in [0.15, 0.2) is 0 Å². The molecule has 0 bridgehead atoms. The van der Waals surface area contributed by atoms with Crippen molar-refractivity contribution in [2.45, 2.75) is 41.4 Å². The monoisotopic (exact) mass is 441 g/mol. The average Bonchev–Trinajstić information content (AvgIpc) is 2.71. The first-order valence-corrected chi connectivity index (χ1v) is 11.5. The largest absolute Gasteiger partial charge is 0.323 e. The van der Waals surface area contributed by atoms with Gasteiger partial charge in [0.05, 0.1) is 16.0 Å². The third kappa shape index (κ3) is 5.31. The molecule has 0 spiro atoms. The molecule has 0 radical (unpaired) electrons. The molecule has 0 saturated carbocycles. The summed E-state index contributed by atoms with van der Waals surface area (Å²) in [6, 6.07) is 5.92. The quantitative estimate of drug-likeness (QED) is 0.693. The van der Waals surface area contributed by atoms with Gasteiger partial charge < -0.3 is 5.32 Å². The van der Waals surface area contributed by atoms with Crippen LogP contribution in [-0.4, -0.2) is 42.0 Å². The number of nitrogens with zero attached hydrogens (tertiary/aromatic N) is 2. The number of halogens is 2. The summed E-state index contributed by atoms with van der Waals surface area (Å²) in [5.74, 6) is -2.07. The van der Waals surface area contributed by atoms with E-state index < -0.39 is 32.8 Å². The van der Waals surface area contributed by atoms with Crippen molar-refractivity contribution in [2.24, 2.45) is 0 Å². The van der Waals surface area contributed by atoms with E-state index in [-0.39, 0.29) is 10.6 Å². The summed E-state index contributed by atoms with van der Waals surface area (Å²) in [5.41, 5.74) is -0.111. The van der Waals surface area contributed by atoms with Crippen LogP contribution in [0.5, 0.6) is 0 Å². The van der Waals surface area contributed by atoms with Crippen LogP contribution in [0.15, 0.2) is 46.5 Å². The molecule has 1 unspecified atom stereocenters. The Kier molecular flexibility index (Phi) is 6.86. The Bertz CT molecular complexity index is 979. The molecule has 1 aromatic carbocycles. The smallest absolute Gasteiger partial charge is 0.244 e. The fourth-order valence-corrected chi connectivity index (χ4v) is 5.15. The van der Waals surface area contributed by atoms with Crippen molar-refractivity contribution >= 4 is 33.4 Å². The highest BCUT2D eigenvalue weighted by Crippen LogP contribution is 2.26. The maximum Gasteiger partial charge on any atom is 0.244 e. The van der Waals surface area contributed by atoms with Gasteiger partial charge in [-0.15, -0.1) is 0 Å². The number of anilines is 1. The summed E-state index contributed by atoms with van der Waals surface area (Å²) in [6.07, 6.45) is 4.02. The number of aromatic nitrogens is 1. The van der Waals surface area contributed by atoms with Gasteiger partial charge in [0.25, 0.3) is 0 Å². The van der Waals surface area contributed by atoms with Crippen LogP contribution in [0.25, 0.3) is 0 Å². The number of hydrogen-bond donors (Lipinski definition) is 1. The number of piperidine rings is 1. The molecule has 1 N–H and O–H groups in total. The van der Waals surface area contributed by atoms with Crippen molar-refractivity contribution < 1.29 is 22.0 Å². The van der Waals surface area contributed by atoms with Gasteiger partial charge in [-0.3, -0.25) is 4.79 Å². The standard InChI is InChI=1S/C19H21F2N3O3S2/c1-13(19(25)23-17-7-5-14(20)11-16(17)21)28-18-8-6-15(12-22-18)29(26,27)24-9-3-2-4-10-24/h5-8,11-13H,2-4,9-10H2,1H3,(H,23,25). The normalized spacial score (nSPS) is 16.4. The number of carbonyl (C=O) groups is 1.